The first-order chi connectivity index (χ1) is 27.8. The number of benzene rings is 8. The van der Waals surface area contributed by atoms with E-state index in [1.807, 2.05) is 42.5 Å². The van der Waals surface area contributed by atoms with Crippen molar-refractivity contribution in [3.63, 3.8) is 0 Å². The average molecular weight is 717 g/mol. The molecule has 0 saturated heterocycles. The molecule has 0 atom stereocenters. The van der Waals surface area contributed by atoms with E-state index in [0.29, 0.717) is 17.5 Å². The second kappa shape index (κ2) is 13.0. The summed E-state index contributed by atoms with van der Waals surface area (Å²) >= 11 is 0. The number of nitrogens with zero attached hydrogens (tertiary/aromatic N) is 4. The first kappa shape index (κ1) is 31.9. The SMILES string of the molecule is c1ccc(-c2cccc(-c3nc(-c4ccccc4)nc(-c4cccc5c4oc4cccc(-c6ccccc6-n6c7ccccc7c7ccccc76)c45)n3)c2)cc1. The molecule has 5 nitrogen and oxygen atoms in total. The van der Waals surface area contributed by atoms with Crippen molar-refractivity contribution in [3.8, 4) is 62.1 Å². The zero-order chi connectivity index (χ0) is 37.0. The van der Waals surface area contributed by atoms with Crippen molar-refractivity contribution in [3.05, 3.63) is 194 Å². The number of rotatable bonds is 6. The van der Waals surface area contributed by atoms with Gasteiger partial charge in [-0.15, -0.1) is 0 Å². The van der Waals surface area contributed by atoms with E-state index in [0.717, 1.165) is 66.6 Å². The highest BCUT2D eigenvalue weighted by Gasteiger charge is 2.22. The van der Waals surface area contributed by atoms with Crippen LogP contribution in [0.4, 0.5) is 0 Å². The highest BCUT2D eigenvalue weighted by atomic mass is 16.3. The molecule has 0 aliphatic heterocycles. The van der Waals surface area contributed by atoms with Gasteiger partial charge in [-0.2, -0.15) is 0 Å². The lowest BCUT2D eigenvalue weighted by Gasteiger charge is -2.14. The molecule has 3 aromatic heterocycles. The molecule has 0 N–H and O–H groups in total. The van der Waals surface area contributed by atoms with Crippen LogP contribution in [-0.2, 0) is 0 Å². The van der Waals surface area contributed by atoms with Crippen molar-refractivity contribution < 1.29 is 4.42 Å². The van der Waals surface area contributed by atoms with Crippen LogP contribution >= 0.6 is 0 Å². The molecule has 5 heteroatoms. The van der Waals surface area contributed by atoms with Gasteiger partial charge in [-0.1, -0.05) is 158 Å². The highest BCUT2D eigenvalue weighted by molar-refractivity contribution is 6.16. The molecule has 0 aliphatic rings. The molecule has 11 rings (SSSR count). The molecule has 0 fully saturated rings. The molecule has 0 saturated carbocycles. The minimum atomic E-state index is 0.552. The predicted molar refractivity (Wildman–Crippen MR) is 229 cm³/mol. The van der Waals surface area contributed by atoms with Gasteiger partial charge in [-0.25, -0.2) is 15.0 Å². The Morgan fingerprint density at radius 2 is 0.875 bits per heavy atom. The molecule has 0 spiro atoms. The third-order valence-electron chi connectivity index (χ3n) is 10.7. The van der Waals surface area contributed by atoms with Gasteiger partial charge in [0.05, 0.1) is 22.3 Å². The smallest absolute Gasteiger partial charge is 0.167 e. The Labute approximate surface area is 322 Å². The molecule has 0 aliphatic carbocycles. The van der Waals surface area contributed by atoms with Crippen LogP contribution in [0, 0.1) is 0 Å². The second-order valence-electron chi connectivity index (χ2n) is 14.0. The molecule has 0 bridgehead atoms. The second-order valence-corrected chi connectivity index (χ2v) is 14.0. The number of para-hydroxylation sites is 4. The highest BCUT2D eigenvalue weighted by Crippen LogP contribution is 2.43. The standard InChI is InChI=1S/C51H32N4O/c1-3-16-33(17-4-1)35-20-13-21-36(32-35)50-52-49(34-18-5-2-6-19-34)53-51(54-50)42-27-14-26-41-47-40(25-15-31-46(47)56-48(41)42)39-24-9-12-30-45(39)55-43-28-10-7-22-37(43)38-23-8-11-29-44(38)55/h1-32H. The topological polar surface area (TPSA) is 56.7 Å². The predicted octanol–water partition coefficient (Wildman–Crippen LogP) is 13.2. The molecule has 0 unspecified atom stereocenters. The summed E-state index contributed by atoms with van der Waals surface area (Å²) in [6.07, 6.45) is 0. The number of hydrogen-bond donors (Lipinski definition) is 0. The molecular formula is C51H32N4O. The van der Waals surface area contributed by atoms with Gasteiger partial charge in [0.1, 0.15) is 11.2 Å². The van der Waals surface area contributed by atoms with Gasteiger partial charge in [-0.05, 0) is 53.1 Å². The first-order valence-corrected chi connectivity index (χ1v) is 18.8. The van der Waals surface area contributed by atoms with Gasteiger partial charge >= 0.3 is 0 Å². The summed E-state index contributed by atoms with van der Waals surface area (Å²) in [6.45, 7) is 0. The van der Waals surface area contributed by atoms with Gasteiger partial charge in [-0.3, -0.25) is 0 Å². The lowest BCUT2D eigenvalue weighted by Crippen LogP contribution is -2.00. The lowest BCUT2D eigenvalue weighted by molar-refractivity contribution is 0.669. The Balaban J connectivity index is 1.12. The Bertz CT molecular complexity index is 3200. The molecular weight excluding hydrogens is 685 g/mol. The molecule has 0 amide bonds. The maximum atomic E-state index is 6.83. The van der Waals surface area contributed by atoms with Gasteiger partial charge in [0.25, 0.3) is 0 Å². The van der Waals surface area contributed by atoms with E-state index in [-0.39, 0.29) is 0 Å². The van der Waals surface area contributed by atoms with Crippen molar-refractivity contribution >= 4 is 43.7 Å². The fourth-order valence-electron chi connectivity index (χ4n) is 8.14. The molecule has 0 radical (unpaired) electrons. The van der Waals surface area contributed by atoms with E-state index in [1.54, 1.807) is 0 Å². The molecule has 8 aromatic carbocycles. The van der Waals surface area contributed by atoms with Crippen molar-refractivity contribution in [2.24, 2.45) is 0 Å². The van der Waals surface area contributed by atoms with Crippen molar-refractivity contribution in [2.45, 2.75) is 0 Å². The Hall–Kier alpha value is -7.63. The van der Waals surface area contributed by atoms with E-state index >= 15 is 0 Å². The summed E-state index contributed by atoms with van der Waals surface area (Å²) in [5, 5.41) is 4.51. The number of furan rings is 1. The Morgan fingerprint density at radius 1 is 0.357 bits per heavy atom. The number of fused-ring (bicyclic) bond motifs is 6. The summed E-state index contributed by atoms with van der Waals surface area (Å²) in [5.41, 5.74) is 12.0. The fraction of sp³-hybridized carbons (Fsp3) is 0. The van der Waals surface area contributed by atoms with Crippen LogP contribution in [0.1, 0.15) is 0 Å². The number of aromatic nitrogens is 4. The normalized spacial score (nSPS) is 11.6. The quantitative estimate of drug-likeness (QED) is 0.172. The van der Waals surface area contributed by atoms with E-state index < -0.39 is 0 Å². The van der Waals surface area contributed by atoms with E-state index in [4.69, 9.17) is 19.4 Å². The zero-order valence-corrected chi connectivity index (χ0v) is 30.2. The van der Waals surface area contributed by atoms with Crippen LogP contribution in [0.5, 0.6) is 0 Å². The lowest BCUT2D eigenvalue weighted by atomic mass is 9.97. The van der Waals surface area contributed by atoms with Gasteiger partial charge < -0.3 is 8.98 Å². The van der Waals surface area contributed by atoms with Gasteiger partial charge in [0.2, 0.25) is 0 Å². The maximum Gasteiger partial charge on any atom is 0.167 e. The molecule has 56 heavy (non-hydrogen) atoms. The maximum absolute atomic E-state index is 6.83. The van der Waals surface area contributed by atoms with Crippen molar-refractivity contribution in [1.82, 2.24) is 19.5 Å². The third-order valence-corrected chi connectivity index (χ3v) is 10.7. The summed E-state index contributed by atoms with van der Waals surface area (Å²) in [5.74, 6) is 1.75. The summed E-state index contributed by atoms with van der Waals surface area (Å²) in [6, 6.07) is 67.4. The van der Waals surface area contributed by atoms with Crippen LogP contribution < -0.4 is 0 Å². The number of hydrogen-bond acceptors (Lipinski definition) is 4. The van der Waals surface area contributed by atoms with E-state index in [1.165, 1.54) is 21.8 Å². The summed E-state index contributed by atoms with van der Waals surface area (Å²) in [4.78, 5) is 15.3. The van der Waals surface area contributed by atoms with E-state index in [9.17, 15) is 0 Å². The van der Waals surface area contributed by atoms with Gasteiger partial charge in [0, 0.05) is 38.2 Å². The van der Waals surface area contributed by atoms with Crippen LogP contribution in [0.15, 0.2) is 199 Å². The minimum absolute atomic E-state index is 0.552. The van der Waals surface area contributed by atoms with Crippen LogP contribution in [0.3, 0.4) is 0 Å². The Kier molecular flexibility index (Phi) is 7.42. The molecule has 262 valence electrons. The third kappa shape index (κ3) is 5.21. The molecule has 11 aromatic rings. The summed E-state index contributed by atoms with van der Waals surface area (Å²) < 4.78 is 9.22. The average Bonchev–Trinajstić information content (AvgIpc) is 3.83. The molecule has 3 heterocycles. The minimum Gasteiger partial charge on any atom is -0.455 e. The van der Waals surface area contributed by atoms with Crippen molar-refractivity contribution in [2.75, 3.05) is 0 Å². The van der Waals surface area contributed by atoms with Crippen LogP contribution in [0.25, 0.3) is 106 Å². The van der Waals surface area contributed by atoms with Crippen LogP contribution in [0.2, 0.25) is 0 Å². The van der Waals surface area contributed by atoms with E-state index in [2.05, 4.69) is 156 Å². The first-order valence-electron chi connectivity index (χ1n) is 18.8. The Morgan fingerprint density at radius 3 is 1.64 bits per heavy atom. The largest absolute Gasteiger partial charge is 0.455 e. The fourth-order valence-corrected chi connectivity index (χ4v) is 8.14. The van der Waals surface area contributed by atoms with Crippen LogP contribution in [-0.4, -0.2) is 19.5 Å². The summed E-state index contributed by atoms with van der Waals surface area (Å²) in [7, 11) is 0. The van der Waals surface area contributed by atoms with Gasteiger partial charge in [0.15, 0.2) is 17.5 Å². The monoisotopic (exact) mass is 716 g/mol. The zero-order valence-electron chi connectivity index (χ0n) is 30.2. The van der Waals surface area contributed by atoms with Crippen molar-refractivity contribution in [1.29, 1.82) is 0 Å².